The van der Waals surface area contributed by atoms with Gasteiger partial charge in [-0.2, -0.15) is 0 Å². The van der Waals surface area contributed by atoms with Crippen molar-refractivity contribution in [2.75, 3.05) is 20.3 Å². The van der Waals surface area contributed by atoms with Crippen LogP contribution in [0.4, 0.5) is 0 Å². The first-order valence-corrected chi connectivity index (χ1v) is 6.13. The Labute approximate surface area is 96.5 Å². The summed E-state index contributed by atoms with van der Waals surface area (Å²) in [7, 11) is 1.45. The second-order valence-electron chi connectivity index (χ2n) is 4.97. The Balaban J connectivity index is 2.08. The van der Waals surface area contributed by atoms with E-state index in [0.717, 1.165) is 38.7 Å². The highest BCUT2D eigenvalue weighted by atomic mass is 16.5. The molecule has 2 unspecified atom stereocenters. The van der Waals surface area contributed by atoms with Gasteiger partial charge in [-0.05, 0) is 38.0 Å². The highest BCUT2D eigenvalue weighted by molar-refractivity contribution is 5.78. The summed E-state index contributed by atoms with van der Waals surface area (Å²) >= 11 is 0. The Hall–Kier alpha value is -0.610. The number of hydrogen-bond donors (Lipinski definition) is 1. The minimum absolute atomic E-state index is 0.145. The molecule has 1 saturated heterocycles. The lowest BCUT2D eigenvalue weighted by molar-refractivity contribution is -0.156. The average Bonchev–Trinajstić information content (AvgIpc) is 3.04. The number of nitrogens with two attached hydrogens (primary N) is 1. The van der Waals surface area contributed by atoms with Crippen LogP contribution >= 0.6 is 0 Å². The van der Waals surface area contributed by atoms with Gasteiger partial charge in [0, 0.05) is 13.2 Å². The quantitative estimate of drug-likeness (QED) is 0.714. The first-order valence-electron chi connectivity index (χ1n) is 6.13. The molecule has 2 fully saturated rings. The molecular weight excluding hydrogens is 206 g/mol. The van der Waals surface area contributed by atoms with Gasteiger partial charge in [0.1, 0.15) is 0 Å². The van der Waals surface area contributed by atoms with Crippen LogP contribution in [0.5, 0.6) is 0 Å². The number of hydrogen-bond acceptors (Lipinski definition) is 4. The van der Waals surface area contributed by atoms with Crippen molar-refractivity contribution >= 4 is 5.97 Å². The molecular formula is C12H21NO3. The molecule has 0 bridgehead atoms. The van der Waals surface area contributed by atoms with Crippen LogP contribution in [0.1, 0.15) is 32.1 Å². The maximum absolute atomic E-state index is 12.0. The van der Waals surface area contributed by atoms with Crippen LogP contribution in [0.3, 0.4) is 0 Å². The number of ether oxygens (including phenoxy) is 2. The SMILES string of the molecule is COC(=O)C(CN)(CC1CCCO1)C1CC1. The van der Waals surface area contributed by atoms with E-state index in [1.54, 1.807) is 0 Å². The Kier molecular flexibility index (Phi) is 3.50. The molecule has 0 spiro atoms. The monoisotopic (exact) mass is 227 g/mol. The summed E-state index contributed by atoms with van der Waals surface area (Å²) in [6, 6.07) is 0. The van der Waals surface area contributed by atoms with Gasteiger partial charge >= 0.3 is 5.97 Å². The van der Waals surface area contributed by atoms with Gasteiger partial charge in [-0.1, -0.05) is 0 Å². The minimum atomic E-state index is -0.482. The summed E-state index contributed by atoms with van der Waals surface area (Å²) < 4.78 is 10.6. The van der Waals surface area contributed by atoms with Gasteiger partial charge in [0.15, 0.2) is 0 Å². The molecule has 16 heavy (non-hydrogen) atoms. The van der Waals surface area contributed by atoms with Crippen LogP contribution in [-0.2, 0) is 14.3 Å². The van der Waals surface area contributed by atoms with Crippen molar-refractivity contribution < 1.29 is 14.3 Å². The molecule has 1 heterocycles. The van der Waals surface area contributed by atoms with Crippen molar-refractivity contribution in [3.05, 3.63) is 0 Å². The molecule has 0 aromatic rings. The van der Waals surface area contributed by atoms with Gasteiger partial charge in [-0.15, -0.1) is 0 Å². The summed E-state index contributed by atoms with van der Waals surface area (Å²) in [6.07, 6.45) is 5.27. The Morgan fingerprint density at radius 3 is 2.69 bits per heavy atom. The van der Waals surface area contributed by atoms with Gasteiger partial charge in [0.05, 0.1) is 18.6 Å². The number of carbonyl (C=O) groups is 1. The molecule has 2 aliphatic rings. The maximum Gasteiger partial charge on any atom is 0.313 e. The smallest absolute Gasteiger partial charge is 0.313 e. The third-order valence-corrected chi connectivity index (χ3v) is 3.93. The van der Waals surface area contributed by atoms with Crippen LogP contribution in [0.15, 0.2) is 0 Å². The van der Waals surface area contributed by atoms with Gasteiger partial charge in [-0.3, -0.25) is 4.79 Å². The summed E-state index contributed by atoms with van der Waals surface area (Å²) in [5, 5.41) is 0. The van der Waals surface area contributed by atoms with Gasteiger partial charge in [0.25, 0.3) is 0 Å². The third kappa shape index (κ3) is 2.09. The lowest BCUT2D eigenvalue weighted by atomic mass is 9.77. The topological polar surface area (TPSA) is 61.5 Å². The highest BCUT2D eigenvalue weighted by Crippen LogP contribution is 2.49. The fraction of sp³-hybridized carbons (Fsp3) is 0.917. The van der Waals surface area contributed by atoms with Crippen LogP contribution in [0.25, 0.3) is 0 Å². The van der Waals surface area contributed by atoms with Gasteiger partial charge in [-0.25, -0.2) is 0 Å². The Bertz CT molecular complexity index is 259. The van der Waals surface area contributed by atoms with Crippen molar-refractivity contribution in [1.29, 1.82) is 0 Å². The van der Waals surface area contributed by atoms with Crippen molar-refractivity contribution in [1.82, 2.24) is 0 Å². The van der Waals surface area contributed by atoms with E-state index in [1.165, 1.54) is 7.11 Å². The first kappa shape index (κ1) is 11.9. The van der Waals surface area contributed by atoms with E-state index in [0.29, 0.717) is 12.5 Å². The molecule has 1 saturated carbocycles. The number of rotatable bonds is 5. The van der Waals surface area contributed by atoms with E-state index in [2.05, 4.69) is 0 Å². The van der Waals surface area contributed by atoms with Crippen molar-refractivity contribution in [2.45, 2.75) is 38.2 Å². The molecule has 92 valence electrons. The normalized spacial score (nSPS) is 28.8. The third-order valence-electron chi connectivity index (χ3n) is 3.93. The highest BCUT2D eigenvalue weighted by Gasteiger charge is 2.52. The zero-order valence-corrected chi connectivity index (χ0v) is 9.91. The maximum atomic E-state index is 12.0. The fourth-order valence-electron chi connectivity index (χ4n) is 2.80. The van der Waals surface area contributed by atoms with E-state index < -0.39 is 5.41 Å². The van der Waals surface area contributed by atoms with Crippen LogP contribution < -0.4 is 5.73 Å². The molecule has 1 aliphatic carbocycles. The molecule has 4 heteroatoms. The number of esters is 1. The predicted octanol–water partition coefficient (Wildman–Crippen LogP) is 1.08. The van der Waals surface area contributed by atoms with Crippen molar-refractivity contribution in [3.63, 3.8) is 0 Å². The standard InChI is InChI=1S/C12H21NO3/c1-15-11(14)12(8-13,9-4-5-9)7-10-3-2-6-16-10/h9-10H,2-8,13H2,1H3. The minimum Gasteiger partial charge on any atom is -0.469 e. The van der Waals surface area contributed by atoms with E-state index in [9.17, 15) is 4.79 Å². The van der Waals surface area contributed by atoms with Crippen LogP contribution in [-0.4, -0.2) is 32.3 Å². The van der Waals surface area contributed by atoms with Crippen LogP contribution in [0.2, 0.25) is 0 Å². The Morgan fingerprint density at radius 1 is 1.50 bits per heavy atom. The molecule has 2 atom stereocenters. The zero-order chi connectivity index (χ0) is 11.6. The molecule has 0 amide bonds. The molecule has 0 aromatic heterocycles. The lowest BCUT2D eigenvalue weighted by Crippen LogP contribution is -2.44. The number of methoxy groups -OCH3 is 1. The van der Waals surface area contributed by atoms with E-state index >= 15 is 0 Å². The average molecular weight is 227 g/mol. The molecule has 1 aliphatic heterocycles. The van der Waals surface area contributed by atoms with Gasteiger partial charge < -0.3 is 15.2 Å². The molecule has 0 aromatic carbocycles. The summed E-state index contributed by atoms with van der Waals surface area (Å²) in [5.41, 5.74) is 5.36. The van der Waals surface area contributed by atoms with Crippen LogP contribution in [0, 0.1) is 11.3 Å². The summed E-state index contributed by atoms with van der Waals surface area (Å²) in [5.74, 6) is 0.266. The first-order chi connectivity index (χ1) is 7.73. The summed E-state index contributed by atoms with van der Waals surface area (Å²) in [6.45, 7) is 1.20. The second kappa shape index (κ2) is 4.72. The molecule has 4 nitrogen and oxygen atoms in total. The number of carbonyl (C=O) groups excluding carboxylic acids is 1. The lowest BCUT2D eigenvalue weighted by Gasteiger charge is -2.31. The van der Waals surface area contributed by atoms with E-state index in [4.69, 9.17) is 15.2 Å². The van der Waals surface area contributed by atoms with E-state index in [-0.39, 0.29) is 12.1 Å². The fourth-order valence-corrected chi connectivity index (χ4v) is 2.80. The van der Waals surface area contributed by atoms with Crippen molar-refractivity contribution in [2.24, 2.45) is 17.1 Å². The molecule has 2 N–H and O–H groups in total. The predicted molar refractivity (Wildman–Crippen MR) is 59.8 cm³/mol. The molecule has 2 rings (SSSR count). The van der Waals surface area contributed by atoms with E-state index in [1.807, 2.05) is 0 Å². The van der Waals surface area contributed by atoms with Crippen molar-refractivity contribution in [3.8, 4) is 0 Å². The molecule has 0 radical (unpaired) electrons. The Morgan fingerprint density at radius 2 is 2.25 bits per heavy atom. The largest absolute Gasteiger partial charge is 0.469 e. The summed E-state index contributed by atoms with van der Waals surface area (Å²) in [4.78, 5) is 12.0. The van der Waals surface area contributed by atoms with Gasteiger partial charge in [0.2, 0.25) is 0 Å². The second-order valence-corrected chi connectivity index (χ2v) is 4.97. The zero-order valence-electron chi connectivity index (χ0n) is 9.91.